The lowest BCUT2D eigenvalue weighted by atomic mass is 9.94. The van der Waals surface area contributed by atoms with E-state index in [9.17, 15) is 14.7 Å². The zero-order chi connectivity index (χ0) is 22.2. The van der Waals surface area contributed by atoms with Crippen molar-refractivity contribution in [2.45, 2.75) is 33.2 Å². The number of hydrogen-bond donors (Lipinski definition) is 1. The Hall–Kier alpha value is -3.29. The number of benzene rings is 1. The van der Waals surface area contributed by atoms with E-state index >= 15 is 0 Å². The summed E-state index contributed by atoms with van der Waals surface area (Å²) < 4.78 is 12.8. The summed E-state index contributed by atoms with van der Waals surface area (Å²) in [5.74, 6) is -0.557. The van der Waals surface area contributed by atoms with Crippen LogP contribution in [0.2, 0.25) is 0 Å². The molecule has 0 spiro atoms. The Kier molecular flexibility index (Phi) is 5.87. The second kappa shape index (κ2) is 8.22. The van der Waals surface area contributed by atoms with Crippen molar-refractivity contribution >= 4 is 17.4 Å². The van der Waals surface area contributed by atoms with Crippen LogP contribution in [0.4, 0.5) is 0 Å². The molecule has 1 aliphatic heterocycles. The smallest absolute Gasteiger partial charge is 0.295 e. The molecule has 0 aliphatic carbocycles. The van der Waals surface area contributed by atoms with Gasteiger partial charge in [-0.05, 0) is 38.0 Å². The molecule has 0 bridgehead atoms. The fourth-order valence-electron chi connectivity index (χ4n) is 3.77. The molecule has 1 aromatic heterocycles. The molecule has 1 aromatic carbocycles. The van der Waals surface area contributed by atoms with Crippen molar-refractivity contribution in [1.82, 2.24) is 14.7 Å². The van der Waals surface area contributed by atoms with Crippen molar-refractivity contribution in [3.05, 3.63) is 46.3 Å². The summed E-state index contributed by atoms with van der Waals surface area (Å²) in [5, 5.41) is 15.4. The number of amides is 1. The number of aromatic nitrogens is 2. The molecule has 8 heteroatoms. The fraction of sp³-hybridized carbons (Fsp3) is 0.409. The number of carbonyl (C=O) groups excluding carboxylic acids is 2. The van der Waals surface area contributed by atoms with Crippen molar-refractivity contribution in [1.29, 1.82) is 0 Å². The van der Waals surface area contributed by atoms with Gasteiger partial charge in [0.2, 0.25) is 0 Å². The average molecular weight is 413 g/mol. The van der Waals surface area contributed by atoms with Crippen LogP contribution < -0.4 is 9.47 Å². The Morgan fingerprint density at radius 1 is 1.20 bits per heavy atom. The maximum Gasteiger partial charge on any atom is 0.295 e. The quantitative estimate of drug-likeness (QED) is 0.445. The van der Waals surface area contributed by atoms with Crippen molar-refractivity contribution in [3.8, 4) is 11.5 Å². The molecule has 1 atom stereocenters. The molecule has 3 rings (SSSR count). The molecule has 160 valence electrons. The molecule has 30 heavy (non-hydrogen) atoms. The van der Waals surface area contributed by atoms with Gasteiger partial charge in [-0.25, -0.2) is 0 Å². The van der Waals surface area contributed by atoms with E-state index < -0.39 is 17.7 Å². The summed E-state index contributed by atoms with van der Waals surface area (Å²) in [6.45, 7) is 6.10. The Morgan fingerprint density at radius 3 is 2.47 bits per heavy atom. The Balaban J connectivity index is 2.17. The summed E-state index contributed by atoms with van der Waals surface area (Å²) in [5.41, 5.74) is 2.41. The molecule has 2 aromatic rings. The number of carbonyl (C=O) groups is 2. The van der Waals surface area contributed by atoms with Crippen LogP contribution in [0.25, 0.3) is 5.76 Å². The maximum absolute atomic E-state index is 12.8. The molecule has 1 aliphatic rings. The van der Waals surface area contributed by atoms with Crippen LogP contribution in [-0.4, -0.2) is 52.2 Å². The highest BCUT2D eigenvalue weighted by Gasteiger charge is 2.45. The van der Waals surface area contributed by atoms with E-state index in [1.54, 1.807) is 50.8 Å². The van der Waals surface area contributed by atoms with Gasteiger partial charge in [0.25, 0.3) is 11.7 Å². The molecule has 1 amide bonds. The van der Waals surface area contributed by atoms with Gasteiger partial charge in [-0.1, -0.05) is 13.0 Å². The van der Waals surface area contributed by atoms with Gasteiger partial charge in [-0.15, -0.1) is 0 Å². The maximum atomic E-state index is 12.8. The second-order valence-corrected chi connectivity index (χ2v) is 7.34. The molecule has 0 radical (unpaired) electrons. The summed E-state index contributed by atoms with van der Waals surface area (Å²) >= 11 is 0. The third-order valence-corrected chi connectivity index (χ3v) is 5.39. The lowest BCUT2D eigenvalue weighted by Crippen LogP contribution is -2.24. The van der Waals surface area contributed by atoms with Crippen LogP contribution in [0, 0.1) is 13.8 Å². The number of likely N-dealkylation sites (tertiary alicyclic amines) is 1. The molecule has 1 fully saturated rings. The number of aliphatic hydroxyl groups is 1. The van der Waals surface area contributed by atoms with Gasteiger partial charge < -0.3 is 19.5 Å². The van der Waals surface area contributed by atoms with E-state index in [1.807, 2.05) is 6.92 Å². The van der Waals surface area contributed by atoms with E-state index in [2.05, 4.69) is 5.10 Å². The number of nitrogens with zero attached hydrogens (tertiary/aromatic N) is 3. The van der Waals surface area contributed by atoms with Gasteiger partial charge in [-0.3, -0.25) is 14.3 Å². The number of ketones is 1. The molecule has 1 saturated heterocycles. The van der Waals surface area contributed by atoms with Crippen LogP contribution in [0.15, 0.2) is 23.8 Å². The van der Waals surface area contributed by atoms with Crippen molar-refractivity contribution in [2.24, 2.45) is 7.05 Å². The molecule has 0 saturated carbocycles. The van der Waals surface area contributed by atoms with Gasteiger partial charge in [0.05, 0.1) is 36.6 Å². The third kappa shape index (κ3) is 3.42. The zero-order valence-corrected chi connectivity index (χ0v) is 18.1. The predicted octanol–water partition coefficient (Wildman–Crippen LogP) is 2.89. The van der Waals surface area contributed by atoms with Gasteiger partial charge in [0.1, 0.15) is 5.76 Å². The van der Waals surface area contributed by atoms with Crippen LogP contribution in [0.5, 0.6) is 11.5 Å². The first-order valence-corrected chi connectivity index (χ1v) is 9.78. The number of aliphatic hydroxyl groups excluding tert-OH is 1. The summed E-state index contributed by atoms with van der Waals surface area (Å²) in [6.07, 6.45) is 0.851. The first-order valence-electron chi connectivity index (χ1n) is 9.78. The zero-order valence-electron chi connectivity index (χ0n) is 18.1. The predicted molar refractivity (Wildman–Crippen MR) is 112 cm³/mol. The van der Waals surface area contributed by atoms with E-state index in [0.29, 0.717) is 40.6 Å². The van der Waals surface area contributed by atoms with Crippen molar-refractivity contribution < 1.29 is 24.2 Å². The molecule has 1 unspecified atom stereocenters. The number of methoxy groups -OCH3 is 1. The van der Waals surface area contributed by atoms with Crippen LogP contribution in [-0.2, 0) is 16.6 Å². The highest BCUT2D eigenvalue weighted by atomic mass is 16.5. The van der Waals surface area contributed by atoms with E-state index in [-0.39, 0.29) is 11.3 Å². The number of aryl methyl sites for hydroxylation is 2. The van der Waals surface area contributed by atoms with Crippen LogP contribution >= 0.6 is 0 Å². The standard InChI is InChI=1S/C22H27N3O5/c1-7-10-30-15-9-8-14(11-16(15)29-6)19-18(21(27)22(28)24(19)4)20(26)17-12(2)23-25(5)13(17)3/h8-9,11,19,26H,7,10H2,1-6H3/b20-18+. The van der Waals surface area contributed by atoms with Crippen LogP contribution in [0.1, 0.15) is 41.9 Å². The van der Waals surface area contributed by atoms with Gasteiger partial charge in [0.15, 0.2) is 11.5 Å². The first-order chi connectivity index (χ1) is 14.2. The van der Waals surface area contributed by atoms with Crippen LogP contribution in [0.3, 0.4) is 0 Å². The van der Waals surface area contributed by atoms with E-state index in [0.717, 1.165) is 6.42 Å². The minimum Gasteiger partial charge on any atom is -0.507 e. The van der Waals surface area contributed by atoms with E-state index in [1.165, 1.54) is 12.0 Å². The number of rotatable bonds is 6. The molecular formula is C22H27N3O5. The topological polar surface area (TPSA) is 93.9 Å². The Bertz CT molecular complexity index is 1040. The monoisotopic (exact) mass is 413 g/mol. The van der Waals surface area contributed by atoms with Crippen molar-refractivity contribution in [3.63, 3.8) is 0 Å². The molecule has 1 N–H and O–H groups in total. The molecular weight excluding hydrogens is 386 g/mol. The highest BCUT2D eigenvalue weighted by molar-refractivity contribution is 6.46. The Labute approximate surface area is 175 Å². The normalized spacial score (nSPS) is 18.2. The molecule has 2 heterocycles. The number of likely N-dealkylation sites (N-methyl/N-ethyl adjacent to an activating group) is 1. The summed E-state index contributed by atoms with van der Waals surface area (Å²) in [6, 6.07) is 4.50. The van der Waals surface area contributed by atoms with Gasteiger partial charge >= 0.3 is 0 Å². The number of Topliss-reactive ketones (excluding diaryl/α,β-unsaturated/α-hetero) is 1. The summed E-state index contributed by atoms with van der Waals surface area (Å²) in [7, 11) is 4.83. The third-order valence-electron chi connectivity index (χ3n) is 5.39. The second-order valence-electron chi connectivity index (χ2n) is 7.34. The van der Waals surface area contributed by atoms with E-state index in [4.69, 9.17) is 9.47 Å². The number of hydrogen-bond acceptors (Lipinski definition) is 6. The molecule has 8 nitrogen and oxygen atoms in total. The largest absolute Gasteiger partial charge is 0.507 e. The number of ether oxygens (including phenoxy) is 2. The van der Waals surface area contributed by atoms with Gasteiger partial charge in [0, 0.05) is 19.8 Å². The van der Waals surface area contributed by atoms with Crippen molar-refractivity contribution in [2.75, 3.05) is 20.8 Å². The minimum absolute atomic E-state index is 0.0333. The fourth-order valence-corrected chi connectivity index (χ4v) is 3.77. The first kappa shape index (κ1) is 21.4. The summed E-state index contributed by atoms with van der Waals surface area (Å²) in [4.78, 5) is 26.7. The average Bonchev–Trinajstić information content (AvgIpc) is 3.11. The minimum atomic E-state index is -0.752. The van der Waals surface area contributed by atoms with Gasteiger partial charge in [-0.2, -0.15) is 5.10 Å². The highest BCUT2D eigenvalue weighted by Crippen LogP contribution is 2.41. The Morgan fingerprint density at radius 2 is 1.90 bits per heavy atom. The SMILES string of the molecule is CCCOc1ccc(C2/C(=C(\O)c3c(C)nn(C)c3C)C(=O)C(=O)N2C)cc1OC. The lowest BCUT2D eigenvalue weighted by Gasteiger charge is -2.22. The lowest BCUT2D eigenvalue weighted by molar-refractivity contribution is -0.139.